The highest BCUT2D eigenvalue weighted by atomic mass is 32.2. The third-order valence-electron chi connectivity index (χ3n) is 1.19. The second kappa shape index (κ2) is 3.17. The van der Waals surface area contributed by atoms with E-state index in [2.05, 4.69) is 0 Å². The second-order valence-corrected chi connectivity index (χ2v) is 2.78. The Morgan fingerprint density at radius 1 is 1.09 bits per heavy atom. The lowest BCUT2D eigenvalue weighted by atomic mass is 10.3. The summed E-state index contributed by atoms with van der Waals surface area (Å²) in [5.74, 6) is -3.70. The number of halogens is 3. The molecule has 11 heavy (non-hydrogen) atoms. The predicted octanol–water partition coefficient (Wildman–Crippen LogP) is 2.83. The average Bonchev–Trinajstić information content (AvgIpc) is 1.99. The zero-order chi connectivity index (χ0) is 8.43. The highest BCUT2D eigenvalue weighted by molar-refractivity contribution is 7.98. The summed E-state index contributed by atoms with van der Waals surface area (Å²) < 4.78 is 37.1. The molecule has 0 bridgehead atoms. The van der Waals surface area contributed by atoms with Crippen LogP contribution in [0.25, 0.3) is 0 Å². The smallest absolute Gasteiger partial charge is 0.194 e. The van der Waals surface area contributed by atoms with Crippen LogP contribution < -0.4 is 0 Å². The molecule has 1 aromatic rings. The maximum absolute atomic E-state index is 12.4. The summed E-state index contributed by atoms with van der Waals surface area (Å²) in [6, 6.07) is 1.92. The van der Waals surface area contributed by atoms with E-state index in [0.29, 0.717) is 4.90 Å². The number of thioether (sulfide) groups is 1. The van der Waals surface area contributed by atoms with Crippen molar-refractivity contribution in [2.45, 2.75) is 4.90 Å². The summed E-state index contributed by atoms with van der Waals surface area (Å²) in [5.41, 5.74) is 0. The van der Waals surface area contributed by atoms with Crippen LogP contribution in [0.2, 0.25) is 0 Å². The molecular formula is C7H5F3S. The molecule has 60 valence electrons. The molecule has 0 unspecified atom stereocenters. The minimum atomic E-state index is -1.41. The summed E-state index contributed by atoms with van der Waals surface area (Å²) >= 11 is 1.16. The van der Waals surface area contributed by atoms with E-state index < -0.39 is 17.5 Å². The Hall–Kier alpha value is -0.640. The number of benzene rings is 1. The van der Waals surface area contributed by atoms with Crippen LogP contribution in [-0.4, -0.2) is 6.26 Å². The van der Waals surface area contributed by atoms with Crippen LogP contribution in [0.4, 0.5) is 13.2 Å². The molecule has 0 fully saturated rings. The first-order valence-corrected chi connectivity index (χ1v) is 4.06. The minimum absolute atomic E-state index is 0.376. The Morgan fingerprint density at radius 2 is 1.55 bits per heavy atom. The van der Waals surface area contributed by atoms with Gasteiger partial charge < -0.3 is 0 Å². The van der Waals surface area contributed by atoms with Crippen molar-refractivity contribution >= 4 is 11.8 Å². The molecule has 0 heterocycles. The van der Waals surface area contributed by atoms with E-state index in [1.54, 1.807) is 6.26 Å². The topological polar surface area (TPSA) is 0 Å². The van der Waals surface area contributed by atoms with Gasteiger partial charge in [0.2, 0.25) is 0 Å². The van der Waals surface area contributed by atoms with Gasteiger partial charge in [0.1, 0.15) is 0 Å². The molecule has 4 heteroatoms. The van der Waals surface area contributed by atoms with Crippen LogP contribution in [0, 0.1) is 17.5 Å². The van der Waals surface area contributed by atoms with E-state index >= 15 is 0 Å². The van der Waals surface area contributed by atoms with Crippen LogP contribution in [0.5, 0.6) is 0 Å². The maximum atomic E-state index is 12.4. The zero-order valence-corrected chi connectivity index (χ0v) is 6.51. The van der Waals surface area contributed by atoms with Crippen LogP contribution in [0.1, 0.15) is 0 Å². The third-order valence-corrected chi connectivity index (χ3v) is 1.90. The first kappa shape index (κ1) is 8.46. The molecule has 0 aliphatic carbocycles. The molecule has 0 radical (unpaired) electrons. The summed E-state index contributed by atoms with van der Waals surface area (Å²) in [4.78, 5) is 0.376. The van der Waals surface area contributed by atoms with Crippen molar-refractivity contribution in [2.75, 3.05) is 6.26 Å². The highest BCUT2D eigenvalue weighted by Crippen LogP contribution is 2.20. The molecule has 0 N–H and O–H groups in total. The van der Waals surface area contributed by atoms with Gasteiger partial charge in [0.05, 0.1) is 0 Å². The van der Waals surface area contributed by atoms with Gasteiger partial charge in [-0.25, -0.2) is 13.2 Å². The predicted molar refractivity (Wildman–Crippen MR) is 38.1 cm³/mol. The Balaban J connectivity index is 3.21. The molecule has 0 saturated carbocycles. The van der Waals surface area contributed by atoms with E-state index in [1.165, 1.54) is 0 Å². The molecule has 0 aromatic heterocycles. The largest absolute Gasteiger partial charge is 0.204 e. The van der Waals surface area contributed by atoms with Gasteiger partial charge in [-0.1, -0.05) is 0 Å². The Bertz CT molecular complexity index is 249. The number of hydrogen-bond acceptors (Lipinski definition) is 1. The van der Waals surface area contributed by atoms with Gasteiger partial charge in [-0.05, 0) is 18.4 Å². The van der Waals surface area contributed by atoms with E-state index in [0.717, 1.165) is 23.9 Å². The zero-order valence-electron chi connectivity index (χ0n) is 5.70. The van der Waals surface area contributed by atoms with Crippen molar-refractivity contribution in [3.8, 4) is 0 Å². The summed E-state index contributed by atoms with van der Waals surface area (Å²) in [6.07, 6.45) is 1.66. The molecule has 0 atom stereocenters. The lowest BCUT2D eigenvalue weighted by Gasteiger charge is -1.98. The van der Waals surface area contributed by atoms with Crippen LogP contribution >= 0.6 is 11.8 Å². The van der Waals surface area contributed by atoms with E-state index in [4.69, 9.17) is 0 Å². The molecule has 0 aliphatic heterocycles. The first-order valence-electron chi connectivity index (χ1n) is 2.83. The standard InChI is InChI=1S/C7H5F3S/c1-11-4-2-5(8)7(10)6(9)3-4/h2-3H,1H3. The van der Waals surface area contributed by atoms with E-state index in [9.17, 15) is 13.2 Å². The van der Waals surface area contributed by atoms with Crippen molar-refractivity contribution in [3.63, 3.8) is 0 Å². The van der Waals surface area contributed by atoms with Crippen LogP contribution in [-0.2, 0) is 0 Å². The van der Waals surface area contributed by atoms with Gasteiger partial charge in [-0.2, -0.15) is 0 Å². The summed E-state index contributed by atoms with van der Waals surface area (Å²) in [5, 5.41) is 0. The third kappa shape index (κ3) is 1.68. The minimum Gasteiger partial charge on any atom is -0.204 e. The summed E-state index contributed by atoms with van der Waals surface area (Å²) in [7, 11) is 0. The number of hydrogen-bond donors (Lipinski definition) is 0. The van der Waals surface area contributed by atoms with E-state index in [-0.39, 0.29) is 0 Å². The Kier molecular flexibility index (Phi) is 2.44. The van der Waals surface area contributed by atoms with Gasteiger partial charge in [-0.15, -0.1) is 11.8 Å². The van der Waals surface area contributed by atoms with E-state index in [1.807, 2.05) is 0 Å². The molecule has 0 saturated heterocycles. The van der Waals surface area contributed by atoms with Gasteiger partial charge in [-0.3, -0.25) is 0 Å². The molecular weight excluding hydrogens is 173 g/mol. The maximum Gasteiger partial charge on any atom is 0.194 e. The summed E-state index contributed by atoms with van der Waals surface area (Å²) in [6.45, 7) is 0. The molecule has 0 aliphatic rings. The lowest BCUT2D eigenvalue weighted by molar-refractivity contribution is 0.443. The highest BCUT2D eigenvalue weighted by Gasteiger charge is 2.09. The van der Waals surface area contributed by atoms with Gasteiger partial charge in [0, 0.05) is 4.90 Å². The van der Waals surface area contributed by atoms with Crippen molar-refractivity contribution < 1.29 is 13.2 Å². The fourth-order valence-corrected chi connectivity index (χ4v) is 1.09. The van der Waals surface area contributed by atoms with Gasteiger partial charge in [0.25, 0.3) is 0 Å². The van der Waals surface area contributed by atoms with Crippen molar-refractivity contribution in [2.24, 2.45) is 0 Å². The quantitative estimate of drug-likeness (QED) is 0.470. The van der Waals surface area contributed by atoms with Crippen molar-refractivity contribution in [1.82, 2.24) is 0 Å². The average molecular weight is 178 g/mol. The van der Waals surface area contributed by atoms with Crippen LogP contribution in [0.3, 0.4) is 0 Å². The second-order valence-electron chi connectivity index (χ2n) is 1.91. The Morgan fingerprint density at radius 3 is 1.91 bits per heavy atom. The van der Waals surface area contributed by atoms with Gasteiger partial charge >= 0.3 is 0 Å². The first-order chi connectivity index (χ1) is 5.15. The molecule has 1 rings (SSSR count). The molecule has 0 nitrogen and oxygen atoms in total. The lowest BCUT2D eigenvalue weighted by Crippen LogP contribution is -1.89. The Labute approximate surface area is 66.4 Å². The van der Waals surface area contributed by atoms with Crippen molar-refractivity contribution in [3.05, 3.63) is 29.6 Å². The SMILES string of the molecule is CSc1cc(F)c(F)c(F)c1. The molecule has 0 amide bonds. The normalized spacial score (nSPS) is 10.2. The van der Waals surface area contributed by atoms with Crippen molar-refractivity contribution in [1.29, 1.82) is 0 Å². The van der Waals surface area contributed by atoms with Gasteiger partial charge in [0.15, 0.2) is 17.5 Å². The van der Waals surface area contributed by atoms with Crippen LogP contribution in [0.15, 0.2) is 17.0 Å². The number of rotatable bonds is 1. The fourth-order valence-electron chi connectivity index (χ4n) is 0.650. The fraction of sp³-hybridized carbons (Fsp3) is 0.143. The monoisotopic (exact) mass is 178 g/mol. The molecule has 1 aromatic carbocycles. The molecule has 0 spiro atoms.